The van der Waals surface area contributed by atoms with Gasteiger partial charge in [0.05, 0.1) is 6.54 Å². The van der Waals surface area contributed by atoms with Gasteiger partial charge in [0.25, 0.3) is 0 Å². The van der Waals surface area contributed by atoms with Gasteiger partial charge in [0.2, 0.25) is 0 Å². The Morgan fingerprint density at radius 3 is 2.69 bits per heavy atom. The first-order valence-electron chi connectivity index (χ1n) is 6.25. The molecule has 1 unspecified atom stereocenters. The van der Waals surface area contributed by atoms with E-state index in [9.17, 15) is 0 Å². The maximum atomic E-state index is 4.15. The Kier molecular flexibility index (Phi) is 3.59. The molecule has 0 aromatic carbocycles. The zero-order valence-corrected chi connectivity index (χ0v) is 10.5. The van der Waals surface area contributed by atoms with Crippen molar-refractivity contribution < 1.29 is 0 Å². The number of rotatable bonds is 5. The average Bonchev–Trinajstić information content (AvgIpc) is 2.51. The van der Waals surface area contributed by atoms with Crippen molar-refractivity contribution in [2.45, 2.75) is 52.1 Å². The van der Waals surface area contributed by atoms with Crippen LogP contribution in [0.1, 0.15) is 44.3 Å². The molecule has 0 aliphatic heterocycles. The lowest BCUT2D eigenvalue weighted by Gasteiger charge is -2.28. The van der Waals surface area contributed by atoms with Gasteiger partial charge in [-0.2, -0.15) is 0 Å². The van der Waals surface area contributed by atoms with Crippen LogP contribution in [0.2, 0.25) is 0 Å². The number of aryl methyl sites for hydroxylation is 1. The molecule has 0 amide bonds. The normalized spacial score (nSPS) is 18.4. The second-order valence-electron chi connectivity index (χ2n) is 5.04. The van der Waals surface area contributed by atoms with Crippen LogP contribution in [0.4, 0.5) is 0 Å². The Morgan fingerprint density at radius 1 is 1.44 bits per heavy atom. The molecule has 1 saturated carbocycles. The minimum absolute atomic E-state index is 0.585. The molecule has 1 aromatic heterocycles. The van der Waals surface area contributed by atoms with Crippen molar-refractivity contribution in [1.82, 2.24) is 20.1 Å². The van der Waals surface area contributed by atoms with Gasteiger partial charge in [0, 0.05) is 13.1 Å². The number of hydrogen-bond acceptors (Lipinski definition) is 3. The highest BCUT2D eigenvalue weighted by Gasteiger charge is 2.19. The predicted molar refractivity (Wildman–Crippen MR) is 64.0 cm³/mol. The summed E-state index contributed by atoms with van der Waals surface area (Å²) in [4.78, 5) is 0. The van der Waals surface area contributed by atoms with Crippen LogP contribution in [-0.2, 0) is 13.6 Å². The van der Waals surface area contributed by atoms with Crippen LogP contribution in [-0.4, -0.2) is 20.8 Å². The molecule has 1 aromatic rings. The number of nitrogens with one attached hydrogen (secondary N) is 1. The molecule has 1 aliphatic rings. The quantitative estimate of drug-likeness (QED) is 0.826. The second kappa shape index (κ2) is 4.95. The van der Waals surface area contributed by atoms with E-state index >= 15 is 0 Å². The lowest BCUT2D eigenvalue weighted by Crippen LogP contribution is -2.30. The minimum Gasteiger partial charge on any atom is -0.317 e. The summed E-state index contributed by atoms with van der Waals surface area (Å²) in [6.07, 6.45) is 5.58. The Hall–Kier alpha value is -0.900. The molecule has 1 fully saturated rings. The third-order valence-electron chi connectivity index (χ3n) is 3.70. The topological polar surface area (TPSA) is 42.7 Å². The molecule has 4 heteroatoms. The van der Waals surface area contributed by atoms with Gasteiger partial charge in [-0.05, 0) is 26.2 Å². The van der Waals surface area contributed by atoms with Crippen molar-refractivity contribution in [3.63, 3.8) is 0 Å². The van der Waals surface area contributed by atoms with E-state index in [1.54, 1.807) is 0 Å². The highest BCUT2D eigenvalue weighted by molar-refractivity contribution is 4.92. The summed E-state index contributed by atoms with van der Waals surface area (Å²) in [6.45, 7) is 5.07. The first kappa shape index (κ1) is 11.6. The van der Waals surface area contributed by atoms with E-state index < -0.39 is 0 Å². The second-order valence-corrected chi connectivity index (χ2v) is 5.04. The summed E-state index contributed by atoms with van der Waals surface area (Å²) in [7, 11) is 2.02. The van der Waals surface area contributed by atoms with Crippen molar-refractivity contribution in [3.05, 3.63) is 11.6 Å². The SMILES string of the molecule is Cc1nnc(CNC(C)CC2CCC2)n1C. The molecular weight excluding hydrogens is 200 g/mol. The van der Waals surface area contributed by atoms with Crippen LogP contribution >= 0.6 is 0 Å². The molecule has 0 spiro atoms. The highest BCUT2D eigenvalue weighted by atomic mass is 15.3. The number of hydrogen-bond donors (Lipinski definition) is 1. The third-order valence-corrected chi connectivity index (χ3v) is 3.70. The molecule has 1 aliphatic carbocycles. The monoisotopic (exact) mass is 222 g/mol. The largest absolute Gasteiger partial charge is 0.317 e. The number of aromatic nitrogens is 3. The molecule has 4 nitrogen and oxygen atoms in total. The van der Waals surface area contributed by atoms with E-state index in [1.165, 1.54) is 25.7 Å². The van der Waals surface area contributed by atoms with Gasteiger partial charge >= 0.3 is 0 Å². The molecule has 1 atom stereocenters. The maximum Gasteiger partial charge on any atom is 0.146 e. The highest BCUT2D eigenvalue weighted by Crippen LogP contribution is 2.30. The van der Waals surface area contributed by atoms with Crippen molar-refractivity contribution in [3.8, 4) is 0 Å². The van der Waals surface area contributed by atoms with Crippen LogP contribution in [0, 0.1) is 12.8 Å². The summed E-state index contributed by atoms with van der Waals surface area (Å²) >= 11 is 0. The number of nitrogens with zero attached hydrogens (tertiary/aromatic N) is 3. The standard InChI is InChI=1S/C12H22N4/c1-9(7-11-5-4-6-11)13-8-12-15-14-10(2)16(12)3/h9,11,13H,4-8H2,1-3H3. The van der Waals surface area contributed by atoms with Crippen molar-refractivity contribution in [1.29, 1.82) is 0 Å². The minimum atomic E-state index is 0.585. The summed E-state index contributed by atoms with van der Waals surface area (Å²) < 4.78 is 2.04. The molecule has 0 bridgehead atoms. The molecule has 0 saturated heterocycles. The molecule has 1 N–H and O–H groups in total. The Labute approximate surface area is 97.5 Å². The van der Waals surface area contributed by atoms with E-state index in [0.717, 1.165) is 24.1 Å². The van der Waals surface area contributed by atoms with Gasteiger partial charge in [-0.3, -0.25) is 0 Å². The van der Waals surface area contributed by atoms with Gasteiger partial charge in [0.15, 0.2) is 0 Å². The predicted octanol–water partition coefficient (Wildman–Crippen LogP) is 1.79. The fraction of sp³-hybridized carbons (Fsp3) is 0.833. The van der Waals surface area contributed by atoms with Crippen molar-refractivity contribution in [2.24, 2.45) is 13.0 Å². The van der Waals surface area contributed by atoms with E-state index in [0.29, 0.717) is 6.04 Å². The summed E-state index contributed by atoms with van der Waals surface area (Å²) in [5, 5.41) is 11.7. The first-order chi connectivity index (χ1) is 7.66. The lowest BCUT2D eigenvalue weighted by atomic mass is 9.81. The fourth-order valence-electron chi connectivity index (χ4n) is 2.18. The van der Waals surface area contributed by atoms with Gasteiger partial charge in [-0.1, -0.05) is 19.3 Å². The molecule has 16 heavy (non-hydrogen) atoms. The molecule has 1 heterocycles. The maximum absolute atomic E-state index is 4.15. The van der Waals surface area contributed by atoms with Crippen LogP contribution in [0.15, 0.2) is 0 Å². The van der Waals surface area contributed by atoms with Gasteiger partial charge in [-0.25, -0.2) is 0 Å². The summed E-state index contributed by atoms with van der Waals surface area (Å²) in [5.41, 5.74) is 0. The van der Waals surface area contributed by atoms with Crippen LogP contribution in [0.5, 0.6) is 0 Å². The van der Waals surface area contributed by atoms with Gasteiger partial charge in [0.1, 0.15) is 11.6 Å². The molecule has 90 valence electrons. The zero-order valence-electron chi connectivity index (χ0n) is 10.5. The average molecular weight is 222 g/mol. The molecule has 0 radical (unpaired) electrons. The Balaban J connectivity index is 1.75. The summed E-state index contributed by atoms with van der Waals surface area (Å²) in [6, 6.07) is 0.585. The Morgan fingerprint density at radius 2 is 2.19 bits per heavy atom. The van der Waals surface area contributed by atoms with E-state index in [4.69, 9.17) is 0 Å². The van der Waals surface area contributed by atoms with Crippen molar-refractivity contribution >= 4 is 0 Å². The smallest absolute Gasteiger partial charge is 0.146 e. The van der Waals surface area contributed by atoms with E-state index in [2.05, 4.69) is 22.4 Å². The van der Waals surface area contributed by atoms with Gasteiger partial charge in [-0.15, -0.1) is 10.2 Å². The molecule has 2 rings (SSSR count). The van der Waals surface area contributed by atoms with Crippen molar-refractivity contribution in [2.75, 3.05) is 0 Å². The van der Waals surface area contributed by atoms with Gasteiger partial charge < -0.3 is 9.88 Å². The van der Waals surface area contributed by atoms with Crippen LogP contribution in [0.3, 0.4) is 0 Å². The lowest BCUT2D eigenvalue weighted by molar-refractivity contribution is 0.264. The third kappa shape index (κ3) is 2.61. The van der Waals surface area contributed by atoms with E-state index in [-0.39, 0.29) is 0 Å². The Bertz CT molecular complexity index is 341. The van der Waals surface area contributed by atoms with E-state index in [1.807, 2.05) is 18.5 Å². The first-order valence-corrected chi connectivity index (χ1v) is 6.25. The summed E-state index contributed by atoms with van der Waals surface area (Å²) in [5.74, 6) is 2.96. The van der Waals surface area contributed by atoms with Crippen LogP contribution < -0.4 is 5.32 Å². The zero-order chi connectivity index (χ0) is 11.5. The van der Waals surface area contributed by atoms with Crippen LogP contribution in [0.25, 0.3) is 0 Å². The molecular formula is C12H22N4. The fourth-order valence-corrected chi connectivity index (χ4v) is 2.18.